The summed E-state index contributed by atoms with van der Waals surface area (Å²) in [7, 11) is 0. The van der Waals surface area contributed by atoms with Gasteiger partial charge in [-0.05, 0) is 0 Å². The SMILES string of the molecule is C1CNC(CC2COCCN2)=N1. The normalized spacial score (nSPS) is 29.7. The van der Waals surface area contributed by atoms with Gasteiger partial charge in [-0.1, -0.05) is 0 Å². The maximum atomic E-state index is 5.35. The molecule has 2 aliphatic rings. The van der Waals surface area contributed by atoms with Gasteiger partial charge in [0, 0.05) is 25.6 Å². The number of ether oxygens (including phenoxy) is 1. The molecule has 68 valence electrons. The topological polar surface area (TPSA) is 45.6 Å². The quantitative estimate of drug-likeness (QED) is 0.578. The molecular weight excluding hydrogens is 154 g/mol. The summed E-state index contributed by atoms with van der Waals surface area (Å²) in [4.78, 5) is 4.34. The van der Waals surface area contributed by atoms with Crippen molar-refractivity contribution < 1.29 is 4.74 Å². The molecule has 0 aromatic rings. The fourth-order valence-corrected chi connectivity index (χ4v) is 1.57. The predicted molar refractivity (Wildman–Crippen MR) is 47.5 cm³/mol. The smallest absolute Gasteiger partial charge is 0.0981 e. The minimum Gasteiger partial charge on any atom is -0.379 e. The number of hydrogen-bond acceptors (Lipinski definition) is 4. The maximum Gasteiger partial charge on any atom is 0.0981 e. The van der Waals surface area contributed by atoms with Gasteiger partial charge >= 0.3 is 0 Å². The van der Waals surface area contributed by atoms with E-state index in [1.165, 1.54) is 0 Å². The molecule has 0 spiro atoms. The molecular formula is C8H15N3O. The number of nitrogens with zero attached hydrogens (tertiary/aromatic N) is 1. The van der Waals surface area contributed by atoms with Crippen LogP contribution < -0.4 is 10.6 Å². The number of nitrogens with one attached hydrogen (secondary N) is 2. The second-order valence-electron chi connectivity index (χ2n) is 3.19. The third-order valence-electron chi connectivity index (χ3n) is 2.18. The largest absolute Gasteiger partial charge is 0.379 e. The van der Waals surface area contributed by atoms with Crippen LogP contribution >= 0.6 is 0 Å². The molecule has 12 heavy (non-hydrogen) atoms. The molecule has 1 unspecified atom stereocenters. The summed E-state index contributed by atoms with van der Waals surface area (Å²) >= 11 is 0. The van der Waals surface area contributed by atoms with Crippen LogP contribution in [0.15, 0.2) is 4.99 Å². The van der Waals surface area contributed by atoms with E-state index in [9.17, 15) is 0 Å². The second kappa shape index (κ2) is 3.87. The number of aliphatic imine (C=N–C) groups is 1. The number of amidine groups is 1. The lowest BCUT2D eigenvalue weighted by molar-refractivity contribution is 0.0789. The lowest BCUT2D eigenvalue weighted by Gasteiger charge is -2.23. The molecule has 4 heteroatoms. The van der Waals surface area contributed by atoms with Crippen LogP contribution in [0.25, 0.3) is 0 Å². The predicted octanol–water partition coefficient (Wildman–Crippen LogP) is -0.633. The third kappa shape index (κ3) is 1.95. The molecule has 2 rings (SSSR count). The summed E-state index contributed by atoms with van der Waals surface area (Å²) in [6, 6.07) is 0.461. The van der Waals surface area contributed by atoms with E-state index >= 15 is 0 Å². The molecule has 2 N–H and O–H groups in total. The third-order valence-corrected chi connectivity index (χ3v) is 2.18. The van der Waals surface area contributed by atoms with Gasteiger partial charge in [0.2, 0.25) is 0 Å². The molecule has 0 bridgehead atoms. The Balaban J connectivity index is 1.77. The van der Waals surface area contributed by atoms with E-state index in [1.54, 1.807) is 0 Å². The summed E-state index contributed by atoms with van der Waals surface area (Å²) in [6.45, 7) is 4.57. The van der Waals surface area contributed by atoms with Crippen LogP contribution in [0, 0.1) is 0 Å². The fourth-order valence-electron chi connectivity index (χ4n) is 1.57. The lowest BCUT2D eigenvalue weighted by Crippen LogP contribution is -2.43. The van der Waals surface area contributed by atoms with E-state index in [0.717, 1.165) is 45.1 Å². The first kappa shape index (κ1) is 8.01. The van der Waals surface area contributed by atoms with Crippen molar-refractivity contribution in [2.75, 3.05) is 32.8 Å². The van der Waals surface area contributed by atoms with Crippen molar-refractivity contribution in [2.45, 2.75) is 12.5 Å². The van der Waals surface area contributed by atoms with Gasteiger partial charge in [0.15, 0.2) is 0 Å². The Kier molecular flexibility index (Phi) is 2.58. The van der Waals surface area contributed by atoms with Crippen LogP contribution in [0.2, 0.25) is 0 Å². The molecule has 1 saturated heterocycles. The summed E-state index contributed by atoms with van der Waals surface area (Å²) in [5.41, 5.74) is 0. The average Bonchev–Trinajstić information content (AvgIpc) is 2.59. The van der Waals surface area contributed by atoms with Gasteiger partial charge in [-0.3, -0.25) is 4.99 Å². The van der Waals surface area contributed by atoms with Crippen molar-refractivity contribution >= 4 is 5.84 Å². The minimum atomic E-state index is 0.461. The van der Waals surface area contributed by atoms with Crippen LogP contribution in [0.4, 0.5) is 0 Å². The van der Waals surface area contributed by atoms with Gasteiger partial charge in [0.05, 0.1) is 25.6 Å². The molecule has 0 saturated carbocycles. The zero-order valence-electron chi connectivity index (χ0n) is 7.18. The van der Waals surface area contributed by atoms with Crippen molar-refractivity contribution in [2.24, 2.45) is 4.99 Å². The van der Waals surface area contributed by atoms with Crippen LogP contribution in [0.5, 0.6) is 0 Å². The van der Waals surface area contributed by atoms with Gasteiger partial charge in [-0.2, -0.15) is 0 Å². The van der Waals surface area contributed by atoms with Crippen molar-refractivity contribution in [3.05, 3.63) is 0 Å². The van der Waals surface area contributed by atoms with Gasteiger partial charge in [-0.15, -0.1) is 0 Å². The Bertz CT molecular complexity index is 175. The van der Waals surface area contributed by atoms with Crippen molar-refractivity contribution in [1.82, 2.24) is 10.6 Å². The molecule has 0 aromatic carbocycles. The molecule has 0 aromatic heterocycles. The van der Waals surface area contributed by atoms with Crippen LogP contribution in [0.3, 0.4) is 0 Å². The van der Waals surface area contributed by atoms with Crippen molar-refractivity contribution in [1.29, 1.82) is 0 Å². The Morgan fingerprint density at radius 1 is 1.50 bits per heavy atom. The summed E-state index contributed by atoms with van der Waals surface area (Å²) in [5, 5.41) is 6.66. The first-order valence-electron chi connectivity index (χ1n) is 4.53. The number of hydrogen-bond donors (Lipinski definition) is 2. The number of morpholine rings is 1. The van der Waals surface area contributed by atoms with Crippen molar-refractivity contribution in [3.63, 3.8) is 0 Å². The molecule has 2 aliphatic heterocycles. The van der Waals surface area contributed by atoms with Gasteiger partial charge in [-0.25, -0.2) is 0 Å². The first-order chi connectivity index (χ1) is 5.95. The van der Waals surface area contributed by atoms with E-state index in [1.807, 2.05) is 0 Å². The summed E-state index contributed by atoms with van der Waals surface area (Å²) in [5.74, 6) is 1.14. The number of rotatable bonds is 2. The van der Waals surface area contributed by atoms with E-state index in [-0.39, 0.29) is 0 Å². The van der Waals surface area contributed by atoms with Crippen LogP contribution in [-0.2, 0) is 4.74 Å². The van der Waals surface area contributed by atoms with Gasteiger partial charge < -0.3 is 15.4 Å². The maximum absolute atomic E-state index is 5.35. The van der Waals surface area contributed by atoms with Gasteiger partial charge in [0.1, 0.15) is 0 Å². The Morgan fingerprint density at radius 2 is 2.50 bits per heavy atom. The average molecular weight is 169 g/mol. The Morgan fingerprint density at radius 3 is 3.17 bits per heavy atom. The second-order valence-corrected chi connectivity index (χ2v) is 3.19. The zero-order valence-corrected chi connectivity index (χ0v) is 7.18. The summed E-state index contributed by atoms with van der Waals surface area (Å²) in [6.07, 6.45) is 0.986. The Labute approximate surface area is 72.4 Å². The fraction of sp³-hybridized carbons (Fsp3) is 0.875. The monoisotopic (exact) mass is 169 g/mol. The highest BCUT2D eigenvalue weighted by Gasteiger charge is 2.16. The Hall–Kier alpha value is -0.610. The highest BCUT2D eigenvalue weighted by molar-refractivity contribution is 5.84. The lowest BCUT2D eigenvalue weighted by atomic mass is 10.2. The van der Waals surface area contributed by atoms with E-state index in [0.29, 0.717) is 6.04 Å². The molecule has 2 heterocycles. The highest BCUT2D eigenvalue weighted by atomic mass is 16.5. The molecule has 4 nitrogen and oxygen atoms in total. The van der Waals surface area contributed by atoms with Crippen LogP contribution in [0.1, 0.15) is 6.42 Å². The van der Waals surface area contributed by atoms with Gasteiger partial charge in [0.25, 0.3) is 0 Å². The van der Waals surface area contributed by atoms with Crippen LogP contribution in [-0.4, -0.2) is 44.7 Å². The van der Waals surface area contributed by atoms with Crippen molar-refractivity contribution in [3.8, 4) is 0 Å². The van der Waals surface area contributed by atoms with E-state index in [4.69, 9.17) is 4.74 Å². The van der Waals surface area contributed by atoms with E-state index in [2.05, 4.69) is 15.6 Å². The molecule has 0 amide bonds. The summed E-state index contributed by atoms with van der Waals surface area (Å²) < 4.78 is 5.35. The van der Waals surface area contributed by atoms with E-state index < -0.39 is 0 Å². The zero-order chi connectivity index (χ0) is 8.23. The molecule has 0 radical (unpaired) electrons. The highest BCUT2D eigenvalue weighted by Crippen LogP contribution is 2.01. The first-order valence-corrected chi connectivity index (χ1v) is 4.53. The standard InChI is InChI=1S/C8H15N3O/c1-2-11-8(10-1)5-7-6-12-4-3-9-7/h7,9H,1-6H2,(H,10,11). The molecule has 1 fully saturated rings. The minimum absolute atomic E-state index is 0.461. The molecule has 0 aliphatic carbocycles. The molecule has 1 atom stereocenters.